The number of benzene rings is 1. The molecule has 1 aromatic heterocycles. The lowest BCUT2D eigenvalue weighted by Crippen LogP contribution is -2.27. The van der Waals surface area contributed by atoms with Gasteiger partial charge in [-0.2, -0.15) is 0 Å². The molecule has 1 amide bonds. The molecule has 2 heterocycles. The Morgan fingerprint density at radius 2 is 1.96 bits per heavy atom. The van der Waals surface area contributed by atoms with Gasteiger partial charge in [-0.15, -0.1) is 0 Å². The second-order valence-electron chi connectivity index (χ2n) is 5.43. The highest BCUT2D eigenvalue weighted by Crippen LogP contribution is 2.33. The lowest BCUT2D eigenvalue weighted by atomic mass is 10.1. The van der Waals surface area contributed by atoms with Crippen LogP contribution < -0.4 is 0 Å². The van der Waals surface area contributed by atoms with Crippen LogP contribution in [0.15, 0.2) is 45.7 Å². The Balaban J connectivity index is 1.78. The van der Waals surface area contributed by atoms with Crippen LogP contribution in [-0.4, -0.2) is 34.2 Å². The molecule has 5 nitrogen and oxygen atoms in total. The van der Waals surface area contributed by atoms with Gasteiger partial charge >= 0.3 is 5.97 Å². The number of thioether (sulfide) groups is 1. The van der Waals surface area contributed by atoms with Gasteiger partial charge in [0.1, 0.15) is 15.8 Å². The van der Waals surface area contributed by atoms with Gasteiger partial charge in [0.05, 0.1) is 17.1 Å². The molecule has 7 heteroatoms. The maximum Gasteiger partial charge on any atom is 0.338 e. The van der Waals surface area contributed by atoms with Crippen LogP contribution in [0.5, 0.6) is 0 Å². The molecule has 0 radical (unpaired) electrons. The van der Waals surface area contributed by atoms with Gasteiger partial charge in [0.25, 0.3) is 5.91 Å². The summed E-state index contributed by atoms with van der Waals surface area (Å²) in [7, 11) is 0. The zero-order valence-corrected chi connectivity index (χ0v) is 16.0. The lowest BCUT2D eigenvalue weighted by Gasteiger charge is -2.09. The predicted octanol–water partition coefficient (Wildman–Crippen LogP) is 4.34. The Kier molecular flexibility index (Phi) is 5.58. The van der Waals surface area contributed by atoms with Gasteiger partial charge in [-0.3, -0.25) is 9.69 Å². The van der Waals surface area contributed by atoms with E-state index >= 15 is 0 Å². The number of carbonyl (C=O) groups excluding carboxylic acids is 2. The third-order valence-electron chi connectivity index (χ3n) is 3.77. The van der Waals surface area contributed by atoms with Crippen molar-refractivity contribution in [2.45, 2.75) is 13.8 Å². The van der Waals surface area contributed by atoms with E-state index in [0.717, 1.165) is 5.56 Å². The fraction of sp³-hybridized carbons (Fsp3) is 0.211. The summed E-state index contributed by atoms with van der Waals surface area (Å²) in [5, 5.41) is 0. The second kappa shape index (κ2) is 7.88. The Hall–Kier alpha value is -2.38. The summed E-state index contributed by atoms with van der Waals surface area (Å²) in [4.78, 5) is 26.1. The van der Waals surface area contributed by atoms with Crippen LogP contribution in [0.2, 0.25) is 0 Å². The molecule has 0 atom stereocenters. The summed E-state index contributed by atoms with van der Waals surface area (Å²) in [6.45, 7) is 4.55. The highest BCUT2D eigenvalue weighted by atomic mass is 32.2. The molecule has 134 valence electrons. The molecule has 0 bridgehead atoms. The minimum absolute atomic E-state index is 0.0979. The van der Waals surface area contributed by atoms with Crippen molar-refractivity contribution in [2.75, 3.05) is 13.2 Å². The largest absolute Gasteiger partial charge is 0.462 e. The van der Waals surface area contributed by atoms with Gasteiger partial charge in [0.15, 0.2) is 0 Å². The third kappa shape index (κ3) is 3.73. The van der Waals surface area contributed by atoms with E-state index in [4.69, 9.17) is 21.4 Å². The molecule has 0 unspecified atom stereocenters. The van der Waals surface area contributed by atoms with Gasteiger partial charge in [0, 0.05) is 18.2 Å². The van der Waals surface area contributed by atoms with Crippen LogP contribution in [0.3, 0.4) is 0 Å². The summed E-state index contributed by atoms with van der Waals surface area (Å²) in [6, 6.07) is 10.6. The first-order chi connectivity index (χ1) is 12.5. The van der Waals surface area contributed by atoms with Gasteiger partial charge in [-0.1, -0.05) is 36.1 Å². The number of hydrogen-bond donors (Lipinski definition) is 0. The number of nitrogens with zero attached hydrogens (tertiary/aromatic N) is 1. The van der Waals surface area contributed by atoms with Crippen molar-refractivity contribution < 1.29 is 18.7 Å². The first-order valence-electron chi connectivity index (χ1n) is 8.16. The van der Waals surface area contributed by atoms with Crippen molar-refractivity contribution >= 4 is 46.3 Å². The number of hydrogen-bond acceptors (Lipinski definition) is 6. The predicted molar refractivity (Wildman–Crippen MR) is 106 cm³/mol. The van der Waals surface area contributed by atoms with E-state index < -0.39 is 0 Å². The average molecular weight is 387 g/mol. The van der Waals surface area contributed by atoms with Gasteiger partial charge in [-0.05, 0) is 38.1 Å². The summed E-state index contributed by atoms with van der Waals surface area (Å²) in [5.74, 6) is 0.778. The summed E-state index contributed by atoms with van der Waals surface area (Å²) in [5.41, 5.74) is 1.32. The molecule has 3 rings (SSSR count). The molecule has 2 aromatic rings. The molecule has 1 aromatic carbocycles. The molecule has 0 N–H and O–H groups in total. The highest BCUT2D eigenvalue weighted by Gasteiger charge is 2.30. The molecule has 1 fully saturated rings. The molecular formula is C19H17NO4S2. The molecule has 1 aliphatic heterocycles. The Labute approximate surface area is 161 Å². The zero-order chi connectivity index (χ0) is 18.7. The summed E-state index contributed by atoms with van der Waals surface area (Å²) in [6.07, 6.45) is 1.70. The van der Waals surface area contributed by atoms with Gasteiger partial charge in [0.2, 0.25) is 0 Å². The lowest BCUT2D eigenvalue weighted by molar-refractivity contribution is -0.122. The van der Waals surface area contributed by atoms with E-state index in [0.29, 0.717) is 39.5 Å². The van der Waals surface area contributed by atoms with Crippen molar-refractivity contribution in [2.24, 2.45) is 0 Å². The number of esters is 1. The summed E-state index contributed by atoms with van der Waals surface area (Å²) < 4.78 is 11.3. The van der Waals surface area contributed by atoms with E-state index in [1.54, 1.807) is 48.2 Å². The maximum atomic E-state index is 12.2. The number of ether oxygens (including phenoxy) is 1. The number of likely N-dealkylation sites (N-methyl/N-ethyl adjacent to an activating group) is 1. The molecule has 1 aliphatic rings. The maximum absolute atomic E-state index is 12.2. The van der Waals surface area contributed by atoms with Crippen molar-refractivity contribution in [3.05, 3.63) is 52.6 Å². The quantitative estimate of drug-likeness (QED) is 0.432. The van der Waals surface area contributed by atoms with Crippen LogP contribution in [0.25, 0.3) is 17.4 Å². The Morgan fingerprint density at radius 1 is 1.23 bits per heavy atom. The Bertz CT molecular complexity index is 883. The monoisotopic (exact) mass is 387 g/mol. The highest BCUT2D eigenvalue weighted by molar-refractivity contribution is 8.26. The number of carbonyl (C=O) groups is 2. The first-order valence-corrected chi connectivity index (χ1v) is 9.38. The van der Waals surface area contributed by atoms with E-state index in [2.05, 4.69) is 0 Å². The van der Waals surface area contributed by atoms with Crippen LogP contribution >= 0.6 is 24.0 Å². The van der Waals surface area contributed by atoms with Crippen molar-refractivity contribution in [1.29, 1.82) is 0 Å². The van der Waals surface area contributed by atoms with Gasteiger partial charge in [-0.25, -0.2) is 4.79 Å². The van der Waals surface area contributed by atoms with E-state index in [9.17, 15) is 9.59 Å². The number of amides is 1. The topological polar surface area (TPSA) is 59.8 Å². The second-order valence-corrected chi connectivity index (χ2v) is 7.10. The van der Waals surface area contributed by atoms with Crippen LogP contribution in [-0.2, 0) is 9.53 Å². The fourth-order valence-electron chi connectivity index (χ4n) is 2.47. The minimum Gasteiger partial charge on any atom is -0.462 e. The Morgan fingerprint density at radius 3 is 2.58 bits per heavy atom. The van der Waals surface area contributed by atoms with E-state index in [-0.39, 0.29) is 11.9 Å². The number of rotatable bonds is 5. The standard InChI is InChI=1S/C19H17NO4S2/c1-3-20-17(21)16(26-19(20)25)11-14-9-10-15(24-14)12-5-7-13(8-6-12)18(22)23-4-2/h5-11H,3-4H2,1-2H3. The van der Waals surface area contributed by atoms with Crippen molar-refractivity contribution in [3.63, 3.8) is 0 Å². The molecule has 26 heavy (non-hydrogen) atoms. The molecule has 1 saturated heterocycles. The smallest absolute Gasteiger partial charge is 0.338 e. The number of thiocarbonyl (C=S) groups is 1. The zero-order valence-electron chi connectivity index (χ0n) is 14.4. The molecule has 0 aliphatic carbocycles. The SMILES string of the molecule is CCOC(=O)c1ccc(-c2ccc(C=C3SC(=S)N(CC)C3=O)o2)cc1. The van der Waals surface area contributed by atoms with Crippen molar-refractivity contribution in [1.82, 2.24) is 4.90 Å². The van der Waals surface area contributed by atoms with Gasteiger partial charge < -0.3 is 9.15 Å². The first kappa shape index (κ1) is 18.4. The molecular weight excluding hydrogens is 370 g/mol. The molecule has 0 spiro atoms. The minimum atomic E-state index is -0.350. The van der Waals surface area contributed by atoms with Crippen LogP contribution in [0.4, 0.5) is 0 Å². The third-order valence-corrected chi connectivity index (χ3v) is 5.15. The fourth-order valence-corrected chi connectivity index (χ4v) is 3.84. The van der Waals surface area contributed by atoms with Crippen molar-refractivity contribution in [3.8, 4) is 11.3 Å². The van der Waals surface area contributed by atoms with Crippen LogP contribution in [0.1, 0.15) is 30.0 Å². The number of furan rings is 1. The normalized spacial score (nSPS) is 15.8. The van der Waals surface area contributed by atoms with E-state index in [1.807, 2.05) is 13.0 Å². The van der Waals surface area contributed by atoms with E-state index in [1.165, 1.54) is 11.8 Å². The van der Waals surface area contributed by atoms with Crippen LogP contribution in [0, 0.1) is 0 Å². The average Bonchev–Trinajstić information content (AvgIpc) is 3.20. The summed E-state index contributed by atoms with van der Waals surface area (Å²) >= 11 is 6.48. The molecule has 0 saturated carbocycles.